The molecule has 0 aromatic heterocycles. The van der Waals surface area contributed by atoms with E-state index in [-0.39, 0.29) is 76.4 Å². The van der Waals surface area contributed by atoms with Crippen molar-refractivity contribution in [2.24, 2.45) is 0 Å². The van der Waals surface area contributed by atoms with Gasteiger partial charge in [-0.05, 0) is 82.4 Å². The maximum atomic E-state index is 13.4. The van der Waals surface area contributed by atoms with Crippen molar-refractivity contribution in [2.45, 2.75) is 24.6 Å². The Hall–Kier alpha value is -7.60. The molecule has 9 rings (SSSR count). The van der Waals surface area contributed by atoms with Crippen molar-refractivity contribution in [1.29, 1.82) is 0 Å². The first kappa shape index (κ1) is 35.1. The van der Waals surface area contributed by atoms with Crippen LogP contribution in [0.15, 0.2) is 121 Å². The molecular weight excluding hydrogens is 728 g/mol. The molecule has 57 heavy (non-hydrogen) atoms. The molecule has 0 radical (unpaired) electrons. The molecule has 6 aromatic carbocycles. The fourth-order valence-electron chi connectivity index (χ4n) is 7.99. The van der Waals surface area contributed by atoms with E-state index in [1.165, 1.54) is 48.5 Å². The Balaban J connectivity index is 0.895. The van der Waals surface area contributed by atoms with Gasteiger partial charge in [0.2, 0.25) is 0 Å². The summed E-state index contributed by atoms with van der Waals surface area (Å²) in [5, 5.41) is 36.8. The molecular formula is C45H32N2O10. The number of phenols is 2. The average Bonchev–Trinajstić information content (AvgIpc) is 3.70. The quantitative estimate of drug-likeness (QED) is 0.0986. The number of ether oxygens (including phenoxy) is 3. The molecule has 282 valence electrons. The Morgan fingerprint density at radius 3 is 2.11 bits per heavy atom. The summed E-state index contributed by atoms with van der Waals surface area (Å²) in [6.07, 6.45) is -0.565. The number of fused-ring (bicyclic) bond motifs is 9. The highest BCUT2D eigenvalue weighted by Gasteiger charge is 2.54. The molecule has 2 heterocycles. The number of hydrogen-bond acceptors (Lipinski definition) is 9. The van der Waals surface area contributed by atoms with Gasteiger partial charge in [-0.15, -0.1) is 0 Å². The van der Waals surface area contributed by atoms with E-state index in [1.54, 1.807) is 24.3 Å². The Morgan fingerprint density at radius 2 is 1.39 bits per heavy atom. The zero-order valence-electron chi connectivity index (χ0n) is 29.9. The molecule has 1 spiro atoms. The van der Waals surface area contributed by atoms with Gasteiger partial charge in [-0.2, -0.15) is 0 Å². The van der Waals surface area contributed by atoms with Crippen LogP contribution in [0, 0.1) is 0 Å². The number of carbonyl (C=O) groups excluding carboxylic acids is 3. The number of carboxylic acid groups (broad SMARTS) is 1. The standard InChI is InChI=1S/C45H32N2O10/c48-27-14-16-35-39(20-27)56-40-33(38(49)18-17-36(40)45(35)37-19-26(42(51)52)13-15-32(37)43(53)57-45)22-46-41(50)25-11-9-24(10-12-25)21-47-44(54)55-23-34-30-7-3-1-5-28(30)29-6-2-4-8-31(29)34/h1-20,34,48-49H,21-23H2,(H,46,50)(H,47,54)(H,51,52). The van der Waals surface area contributed by atoms with E-state index in [0.29, 0.717) is 11.1 Å². The second kappa shape index (κ2) is 13.6. The largest absolute Gasteiger partial charge is 0.508 e. The van der Waals surface area contributed by atoms with Gasteiger partial charge in [-0.25, -0.2) is 14.4 Å². The predicted molar refractivity (Wildman–Crippen MR) is 205 cm³/mol. The number of aromatic hydroxyl groups is 2. The van der Waals surface area contributed by atoms with Gasteiger partial charge in [0.05, 0.1) is 23.2 Å². The van der Waals surface area contributed by atoms with Crippen molar-refractivity contribution < 1.29 is 48.7 Å². The molecule has 12 heteroatoms. The fourth-order valence-corrected chi connectivity index (χ4v) is 7.99. The Bertz CT molecular complexity index is 2630. The van der Waals surface area contributed by atoms with E-state index in [0.717, 1.165) is 27.8 Å². The summed E-state index contributed by atoms with van der Waals surface area (Å²) in [5.41, 5.74) is 4.93. The van der Waals surface area contributed by atoms with Crippen molar-refractivity contribution in [3.63, 3.8) is 0 Å². The fraction of sp³-hybridized carbons (Fsp3) is 0.111. The van der Waals surface area contributed by atoms with Gasteiger partial charge in [0.15, 0.2) is 5.60 Å². The van der Waals surface area contributed by atoms with E-state index < -0.39 is 29.5 Å². The summed E-state index contributed by atoms with van der Waals surface area (Å²) < 4.78 is 18.0. The number of phenolic OH excluding ortho intramolecular Hbond substituents is 2. The third-order valence-electron chi connectivity index (χ3n) is 10.7. The van der Waals surface area contributed by atoms with Crippen LogP contribution in [0.1, 0.15) is 75.9 Å². The third kappa shape index (κ3) is 5.86. The third-order valence-corrected chi connectivity index (χ3v) is 10.7. The van der Waals surface area contributed by atoms with Crippen LogP contribution in [-0.4, -0.2) is 45.9 Å². The molecule has 0 saturated carbocycles. The summed E-state index contributed by atoms with van der Waals surface area (Å²) in [6.45, 7) is 0.129. The Morgan fingerprint density at radius 1 is 0.702 bits per heavy atom. The number of hydrogen-bond donors (Lipinski definition) is 5. The molecule has 12 nitrogen and oxygen atoms in total. The molecule has 2 aliphatic heterocycles. The van der Waals surface area contributed by atoms with Gasteiger partial charge >= 0.3 is 18.0 Å². The average molecular weight is 761 g/mol. The van der Waals surface area contributed by atoms with Crippen LogP contribution >= 0.6 is 0 Å². The van der Waals surface area contributed by atoms with Gasteiger partial charge in [0.25, 0.3) is 5.91 Å². The second-order valence-electron chi connectivity index (χ2n) is 13.9. The first-order chi connectivity index (χ1) is 27.6. The lowest BCUT2D eigenvalue weighted by Gasteiger charge is -2.37. The van der Waals surface area contributed by atoms with Crippen molar-refractivity contribution in [3.8, 4) is 34.1 Å². The number of amides is 2. The number of nitrogens with one attached hydrogen (secondary N) is 2. The summed E-state index contributed by atoms with van der Waals surface area (Å²) >= 11 is 0. The monoisotopic (exact) mass is 760 g/mol. The summed E-state index contributed by atoms with van der Waals surface area (Å²) in [7, 11) is 0. The first-order valence-corrected chi connectivity index (χ1v) is 18.1. The van der Waals surface area contributed by atoms with Crippen LogP contribution in [0.5, 0.6) is 23.0 Å². The highest BCUT2D eigenvalue weighted by molar-refractivity contribution is 5.99. The maximum absolute atomic E-state index is 13.4. The van der Waals surface area contributed by atoms with Crippen LogP contribution in [0.2, 0.25) is 0 Å². The second-order valence-corrected chi connectivity index (χ2v) is 13.9. The lowest BCUT2D eigenvalue weighted by molar-refractivity contribution is 0.0223. The van der Waals surface area contributed by atoms with Crippen molar-refractivity contribution in [2.75, 3.05) is 6.61 Å². The molecule has 0 bridgehead atoms. The molecule has 5 N–H and O–H groups in total. The van der Waals surface area contributed by atoms with Gasteiger partial charge in [-0.1, -0.05) is 60.7 Å². The topological polar surface area (TPSA) is 181 Å². The molecule has 0 fully saturated rings. The van der Waals surface area contributed by atoms with Crippen LogP contribution < -0.4 is 15.4 Å². The molecule has 1 atom stereocenters. The minimum Gasteiger partial charge on any atom is -0.508 e. The van der Waals surface area contributed by atoms with Crippen molar-refractivity contribution in [1.82, 2.24) is 10.6 Å². The van der Waals surface area contributed by atoms with Crippen LogP contribution in [-0.2, 0) is 28.2 Å². The number of carbonyl (C=O) groups is 4. The Labute approximate surface area is 324 Å². The first-order valence-electron chi connectivity index (χ1n) is 18.1. The van der Waals surface area contributed by atoms with E-state index >= 15 is 0 Å². The van der Waals surface area contributed by atoms with Crippen molar-refractivity contribution >= 4 is 23.9 Å². The molecule has 1 unspecified atom stereocenters. The molecule has 1 aliphatic carbocycles. The van der Waals surface area contributed by atoms with Gasteiger partial charge in [-0.3, -0.25) is 4.79 Å². The summed E-state index contributed by atoms with van der Waals surface area (Å²) in [4.78, 5) is 51.4. The number of benzene rings is 6. The van der Waals surface area contributed by atoms with Crippen molar-refractivity contribution in [3.05, 3.63) is 177 Å². The lowest BCUT2D eigenvalue weighted by Crippen LogP contribution is -2.34. The summed E-state index contributed by atoms with van der Waals surface area (Å²) in [6, 6.07) is 34.0. The highest BCUT2D eigenvalue weighted by Crippen LogP contribution is 2.58. The molecule has 2 amide bonds. The van der Waals surface area contributed by atoms with Gasteiger partial charge in [0.1, 0.15) is 29.6 Å². The molecule has 3 aliphatic rings. The normalized spacial score (nSPS) is 15.6. The van der Waals surface area contributed by atoms with E-state index in [9.17, 15) is 34.5 Å². The number of rotatable bonds is 8. The lowest BCUT2D eigenvalue weighted by atomic mass is 9.76. The smallest absolute Gasteiger partial charge is 0.407 e. The zero-order valence-corrected chi connectivity index (χ0v) is 29.9. The summed E-state index contributed by atoms with van der Waals surface area (Å²) in [5.74, 6) is -2.67. The van der Waals surface area contributed by atoms with Crippen LogP contribution in [0.4, 0.5) is 4.79 Å². The van der Waals surface area contributed by atoms with Gasteiger partial charge < -0.3 is 40.2 Å². The van der Waals surface area contributed by atoms with E-state index in [1.807, 2.05) is 24.3 Å². The van der Waals surface area contributed by atoms with Crippen LogP contribution in [0.25, 0.3) is 11.1 Å². The zero-order chi connectivity index (χ0) is 39.4. The number of carboxylic acids is 1. The number of aromatic carboxylic acids is 1. The SMILES string of the molecule is O=C(NCc1ccc(C(=O)NCc2c(O)ccc3c2Oc2cc(O)ccc2C32OC(=O)c3ccc(C(=O)O)cc32)cc1)OCC1c2ccccc2-c2ccccc21. The minimum atomic E-state index is -1.69. The maximum Gasteiger partial charge on any atom is 0.407 e. The number of alkyl carbamates (subject to hydrolysis) is 1. The number of esters is 1. The van der Waals surface area contributed by atoms with Gasteiger partial charge in [0, 0.05) is 40.8 Å². The predicted octanol–water partition coefficient (Wildman–Crippen LogP) is 7.33. The molecule has 0 saturated heterocycles. The molecule has 6 aromatic rings. The Kier molecular flexibility index (Phi) is 8.38. The van der Waals surface area contributed by atoms with E-state index in [2.05, 4.69) is 34.9 Å². The van der Waals surface area contributed by atoms with E-state index in [4.69, 9.17) is 14.2 Å². The minimum absolute atomic E-state index is 0.0597. The van der Waals surface area contributed by atoms with Crippen LogP contribution in [0.3, 0.4) is 0 Å². The highest BCUT2D eigenvalue weighted by atomic mass is 16.6.